The molecule has 1 aliphatic carbocycles. The largest absolute Gasteiger partial charge is 0.490 e. The van der Waals surface area contributed by atoms with Crippen LogP contribution >= 0.6 is 23.5 Å². The van der Waals surface area contributed by atoms with Crippen molar-refractivity contribution in [3.8, 4) is 0 Å². The minimum Gasteiger partial charge on any atom is -0.383 e. The Labute approximate surface area is 177 Å². The number of hydrogen-bond acceptors (Lipinski definition) is 11. The molecule has 0 bridgehead atoms. The zero-order valence-electron chi connectivity index (χ0n) is 15.5. The highest BCUT2D eigenvalue weighted by Crippen LogP contribution is 2.69. The lowest BCUT2D eigenvalue weighted by molar-refractivity contribution is -0.0622. The average molecular weight is 520 g/mol. The lowest BCUT2D eigenvalue weighted by atomic mass is 10.1. The van der Waals surface area contributed by atoms with Gasteiger partial charge in [0.2, 0.25) is 0 Å². The van der Waals surface area contributed by atoms with E-state index in [1.165, 1.54) is 16.6 Å². The van der Waals surface area contributed by atoms with Gasteiger partial charge in [-0.25, -0.2) is 27.6 Å². The molecule has 0 aromatic carbocycles. The average Bonchev–Trinajstić information content (AvgIpc) is 2.91. The molecule has 2 unspecified atom stereocenters. The van der Waals surface area contributed by atoms with E-state index in [2.05, 4.69) is 23.2 Å². The topological polar surface area (TPSA) is 245 Å². The van der Waals surface area contributed by atoms with Gasteiger partial charge in [-0.1, -0.05) is 0 Å². The molecule has 2 aromatic rings. The number of anilines is 1. The first kappa shape index (κ1) is 23.8. The van der Waals surface area contributed by atoms with Crippen molar-refractivity contribution in [3.05, 3.63) is 24.2 Å². The number of hydrogen-bond donors (Lipinski definition) is 6. The van der Waals surface area contributed by atoms with E-state index in [-0.39, 0.29) is 11.5 Å². The molecule has 32 heavy (non-hydrogen) atoms. The van der Waals surface area contributed by atoms with E-state index in [4.69, 9.17) is 25.2 Å². The summed E-state index contributed by atoms with van der Waals surface area (Å²) in [5, 5.41) is 14.5. The maximum Gasteiger partial charge on any atom is 0.490 e. The van der Waals surface area contributed by atoms with Gasteiger partial charge in [0, 0.05) is 6.42 Å². The van der Waals surface area contributed by atoms with Gasteiger partial charge in [0.15, 0.2) is 11.5 Å². The van der Waals surface area contributed by atoms with Crippen LogP contribution in [0.4, 0.5) is 10.2 Å². The van der Waals surface area contributed by atoms with Crippen LogP contribution in [-0.2, 0) is 31.6 Å². The molecule has 0 amide bonds. The molecule has 178 valence electrons. The number of halogens is 1. The minimum absolute atomic E-state index is 0.104. The Morgan fingerprint density at radius 1 is 1.22 bits per heavy atom. The zero-order valence-corrected chi connectivity index (χ0v) is 18.2. The van der Waals surface area contributed by atoms with Gasteiger partial charge in [0.1, 0.15) is 29.7 Å². The first-order valence-corrected chi connectivity index (χ1v) is 13.0. The number of ether oxygens (including phenoxy) is 1. The number of fused-ring (bicyclic) bond motifs is 2. The molecule has 1 aliphatic heterocycles. The first-order valence-electron chi connectivity index (χ1n) is 8.50. The molecular formula is C12H16FN4O12P3. The first-order chi connectivity index (χ1) is 14.6. The summed E-state index contributed by atoms with van der Waals surface area (Å²) in [5.74, 6) is 0.104. The Morgan fingerprint density at radius 2 is 1.91 bits per heavy atom. The highest BCUT2D eigenvalue weighted by molar-refractivity contribution is 7.66. The summed E-state index contributed by atoms with van der Waals surface area (Å²) in [6.45, 7) is -0.997. The summed E-state index contributed by atoms with van der Waals surface area (Å²) < 4.78 is 67.7. The summed E-state index contributed by atoms with van der Waals surface area (Å²) in [5.41, 5.74) is 1.79. The van der Waals surface area contributed by atoms with Crippen LogP contribution in [0.15, 0.2) is 18.5 Å². The quantitative estimate of drug-likeness (QED) is 0.250. The van der Waals surface area contributed by atoms with Crippen molar-refractivity contribution < 1.29 is 60.6 Å². The number of phosphoric acid groups is 3. The molecule has 2 fully saturated rings. The summed E-state index contributed by atoms with van der Waals surface area (Å²) in [6.07, 6.45) is -2.23. The van der Waals surface area contributed by atoms with Crippen molar-refractivity contribution >= 4 is 34.8 Å². The maximum absolute atomic E-state index is 15.4. The van der Waals surface area contributed by atoms with Crippen molar-refractivity contribution in [1.29, 1.82) is 0 Å². The van der Waals surface area contributed by atoms with Crippen LogP contribution in [0.5, 0.6) is 0 Å². The third kappa shape index (κ3) is 4.16. The SMILES string of the molecule is Nc1ncnn2c([C@@H]3O[C@H](COP(=O)(O)OP(=O)(O)OP(=O)(O)O)[C@@]4(O)C[C@]34F)ccc12. The minimum atomic E-state index is -5.72. The van der Waals surface area contributed by atoms with Crippen LogP contribution in [0.25, 0.3) is 5.52 Å². The molecule has 3 heterocycles. The van der Waals surface area contributed by atoms with Crippen LogP contribution in [0.2, 0.25) is 0 Å². The number of phosphoric ester groups is 1. The van der Waals surface area contributed by atoms with Gasteiger partial charge in [0.05, 0.1) is 12.3 Å². The Morgan fingerprint density at radius 3 is 2.56 bits per heavy atom. The van der Waals surface area contributed by atoms with E-state index in [0.29, 0.717) is 5.52 Å². The number of nitrogen functional groups attached to an aromatic ring is 1. The summed E-state index contributed by atoms with van der Waals surface area (Å²) in [6, 6.07) is 2.94. The molecule has 4 rings (SSSR count). The van der Waals surface area contributed by atoms with Crippen LogP contribution in [-0.4, -0.2) is 63.3 Å². The van der Waals surface area contributed by atoms with E-state index in [9.17, 15) is 23.7 Å². The van der Waals surface area contributed by atoms with Gasteiger partial charge >= 0.3 is 23.5 Å². The number of nitrogens with two attached hydrogens (primary N) is 1. The molecule has 0 radical (unpaired) electrons. The molecule has 2 aromatic heterocycles. The Hall–Kier alpha value is -1.32. The Balaban J connectivity index is 1.49. The summed E-state index contributed by atoms with van der Waals surface area (Å²) >= 11 is 0. The van der Waals surface area contributed by atoms with Crippen molar-refractivity contribution in [3.63, 3.8) is 0 Å². The molecule has 7 N–H and O–H groups in total. The predicted molar refractivity (Wildman–Crippen MR) is 98.2 cm³/mol. The van der Waals surface area contributed by atoms with Crippen molar-refractivity contribution in [1.82, 2.24) is 14.6 Å². The summed E-state index contributed by atoms with van der Waals surface area (Å²) in [7, 11) is -16.8. The fourth-order valence-corrected chi connectivity index (χ4v) is 6.57. The highest BCUT2D eigenvalue weighted by Gasteiger charge is 2.82. The molecule has 1 saturated carbocycles. The molecule has 6 atom stereocenters. The van der Waals surface area contributed by atoms with Gasteiger partial charge in [-0.15, -0.1) is 0 Å². The van der Waals surface area contributed by atoms with E-state index >= 15 is 4.39 Å². The predicted octanol–water partition coefficient (Wildman–Crippen LogP) is -0.0622. The third-order valence-electron chi connectivity index (χ3n) is 4.95. The van der Waals surface area contributed by atoms with E-state index in [1.807, 2.05) is 0 Å². The van der Waals surface area contributed by atoms with Crippen LogP contribution in [0.3, 0.4) is 0 Å². The van der Waals surface area contributed by atoms with E-state index in [1.54, 1.807) is 0 Å². The molecule has 2 aliphatic rings. The van der Waals surface area contributed by atoms with Crippen LogP contribution in [0, 0.1) is 0 Å². The molecule has 16 nitrogen and oxygen atoms in total. The van der Waals surface area contributed by atoms with E-state index in [0.717, 1.165) is 6.33 Å². The molecular weight excluding hydrogens is 504 g/mol. The van der Waals surface area contributed by atoms with Crippen molar-refractivity contribution in [2.24, 2.45) is 0 Å². The van der Waals surface area contributed by atoms with Gasteiger partial charge < -0.3 is 35.2 Å². The number of aromatic nitrogens is 3. The molecule has 20 heteroatoms. The van der Waals surface area contributed by atoms with Crippen LogP contribution in [0.1, 0.15) is 18.2 Å². The second kappa shape index (κ2) is 7.34. The lowest BCUT2D eigenvalue weighted by Gasteiger charge is -2.21. The Kier molecular flexibility index (Phi) is 5.46. The second-order valence-electron chi connectivity index (χ2n) is 7.06. The zero-order chi connectivity index (χ0) is 23.7. The Bertz CT molecular complexity index is 1220. The molecule has 0 spiro atoms. The van der Waals surface area contributed by atoms with Crippen molar-refractivity contribution in [2.45, 2.75) is 29.9 Å². The van der Waals surface area contributed by atoms with Gasteiger partial charge in [-0.2, -0.15) is 13.7 Å². The summed E-state index contributed by atoms with van der Waals surface area (Å²) in [4.78, 5) is 39.6. The second-order valence-corrected chi connectivity index (χ2v) is 11.5. The monoisotopic (exact) mass is 520 g/mol. The smallest absolute Gasteiger partial charge is 0.383 e. The van der Waals surface area contributed by atoms with Gasteiger partial charge in [0.25, 0.3) is 0 Å². The maximum atomic E-state index is 15.4. The molecule has 1 saturated heterocycles. The number of aliphatic hydroxyl groups is 1. The van der Waals surface area contributed by atoms with Gasteiger partial charge in [-0.3, -0.25) is 4.52 Å². The highest BCUT2D eigenvalue weighted by atomic mass is 31.3. The van der Waals surface area contributed by atoms with E-state index < -0.39 is 60.0 Å². The van der Waals surface area contributed by atoms with Crippen LogP contribution < -0.4 is 5.73 Å². The fourth-order valence-electron chi connectivity index (χ4n) is 3.55. The van der Waals surface area contributed by atoms with Gasteiger partial charge in [-0.05, 0) is 12.1 Å². The normalized spacial score (nSPS) is 33.6. The van der Waals surface area contributed by atoms with Crippen molar-refractivity contribution in [2.75, 3.05) is 12.3 Å². The third-order valence-corrected chi connectivity index (χ3v) is 8.76. The number of rotatable bonds is 8. The number of nitrogens with zero attached hydrogens (tertiary/aromatic N) is 3. The fraction of sp³-hybridized carbons (Fsp3) is 0.500. The number of alkyl halides is 1. The lowest BCUT2D eigenvalue weighted by Crippen LogP contribution is -2.33. The standard InChI is InChI=1S/C12H16FN4O12P3/c13-11-4-12(11,18)8(3-26-31(22,23)29-32(24,25)28-30(19,20)21)27-9(11)6-1-2-7-10(14)15-5-16-17(6)7/h1-2,5,8-9,18H,3-4H2,(H,22,23)(H,24,25)(H2,14,15,16)(H2,19,20,21)/t8-,9+,11+,12+/m1/s1.